The zero-order chi connectivity index (χ0) is 26.5. The van der Waals surface area contributed by atoms with Gasteiger partial charge < -0.3 is 26.8 Å². The summed E-state index contributed by atoms with van der Waals surface area (Å²) in [5.41, 5.74) is 13.4. The topological polar surface area (TPSA) is 149 Å². The maximum atomic E-state index is 12.5. The molecule has 0 heterocycles. The number of nitrogens with two attached hydrogens (primary N) is 2. The van der Waals surface area contributed by atoms with Crippen molar-refractivity contribution in [1.29, 1.82) is 0 Å². The van der Waals surface area contributed by atoms with Gasteiger partial charge in [0.05, 0.1) is 13.7 Å². The maximum Gasteiger partial charge on any atom is 0.328 e. The van der Waals surface area contributed by atoms with Crippen LogP contribution in [0.3, 0.4) is 0 Å². The zero-order valence-electron chi connectivity index (χ0n) is 20.8. The number of methoxy groups -OCH3 is 1. The lowest BCUT2D eigenvalue weighted by atomic mass is 9.99. The summed E-state index contributed by atoms with van der Waals surface area (Å²) in [7, 11) is 1.25. The number of hydrogen-bond acceptors (Lipinski definition) is 5. The van der Waals surface area contributed by atoms with Crippen LogP contribution in [0.4, 0.5) is 0 Å². The van der Waals surface area contributed by atoms with Gasteiger partial charge in [-0.05, 0) is 35.7 Å². The van der Waals surface area contributed by atoms with Crippen molar-refractivity contribution in [1.82, 2.24) is 10.6 Å². The van der Waals surface area contributed by atoms with Crippen LogP contribution in [-0.2, 0) is 25.5 Å². The number of hydrogen-bond donors (Lipinski definition) is 4. The fourth-order valence-electron chi connectivity index (χ4n) is 3.31. The number of amides is 2. The molecule has 2 aromatic carbocycles. The number of benzene rings is 2. The summed E-state index contributed by atoms with van der Waals surface area (Å²) in [4.78, 5) is 41.3. The molecule has 0 spiro atoms. The number of guanidine groups is 1. The van der Waals surface area contributed by atoms with Crippen molar-refractivity contribution >= 4 is 23.7 Å². The molecule has 0 unspecified atom stereocenters. The third-order valence-corrected chi connectivity index (χ3v) is 5.50. The fourth-order valence-corrected chi connectivity index (χ4v) is 3.31. The first-order valence-electron chi connectivity index (χ1n) is 11.6. The van der Waals surface area contributed by atoms with Crippen LogP contribution < -0.4 is 22.1 Å². The first kappa shape index (κ1) is 27.9. The molecule has 0 saturated carbocycles. The highest BCUT2D eigenvalue weighted by Crippen LogP contribution is 2.12. The summed E-state index contributed by atoms with van der Waals surface area (Å²) in [5.74, 6) is 4.23. The zero-order valence-corrected chi connectivity index (χ0v) is 20.8. The first-order chi connectivity index (χ1) is 17.2. The summed E-state index contributed by atoms with van der Waals surface area (Å²) in [6, 6.07) is 15.3. The Morgan fingerprint density at radius 3 is 2.17 bits per heavy atom. The molecule has 3 atom stereocenters. The SMILES string of the molecule is CC[C@H](C)[C@@H](N=C(N)N)C(=O)NCC(=O)N[C@@H](Cc1ccc(C#Cc2ccccc2)cc1)C(=O)OC. The van der Waals surface area contributed by atoms with E-state index in [1.165, 1.54) is 7.11 Å². The molecule has 6 N–H and O–H groups in total. The fraction of sp³-hybridized carbons (Fsp3) is 0.333. The minimum Gasteiger partial charge on any atom is -0.467 e. The highest BCUT2D eigenvalue weighted by Gasteiger charge is 2.26. The van der Waals surface area contributed by atoms with E-state index in [0.29, 0.717) is 6.42 Å². The van der Waals surface area contributed by atoms with Crippen molar-refractivity contribution < 1.29 is 19.1 Å². The predicted octanol–water partition coefficient (Wildman–Crippen LogP) is 1.09. The predicted molar refractivity (Wildman–Crippen MR) is 139 cm³/mol. The van der Waals surface area contributed by atoms with Gasteiger partial charge in [0.15, 0.2) is 5.96 Å². The van der Waals surface area contributed by atoms with E-state index in [0.717, 1.165) is 16.7 Å². The standard InChI is InChI=1S/C27H33N5O4/c1-4-18(2)24(32-27(28)29)25(34)30-17-23(33)31-22(26(35)36-3)16-21-14-12-20(13-15-21)11-10-19-8-6-5-7-9-19/h5-9,12-15,18,22,24H,4,16-17H2,1-3H3,(H,30,34)(H,31,33)(H4,28,29,32)/t18-,22-,24+/m0/s1. The Bertz CT molecular complexity index is 1120. The number of ether oxygens (including phenoxy) is 1. The molecule has 0 bridgehead atoms. The van der Waals surface area contributed by atoms with Crippen LogP contribution in [0.25, 0.3) is 0 Å². The number of rotatable bonds is 10. The second-order valence-electron chi connectivity index (χ2n) is 8.26. The summed E-state index contributed by atoms with van der Waals surface area (Å²) in [6.45, 7) is 3.40. The van der Waals surface area contributed by atoms with E-state index in [-0.39, 0.29) is 24.8 Å². The Morgan fingerprint density at radius 1 is 1.00 bits per heavy atom. The summed E-state index contributed by atoms with van der Waals surface area (Å²) in [5, 5.41) is 5.14. The van der Waals surface area contributed by atoms with Crippen LogP contribution >= 0.6 is 0 Å². The number of nitrogens with zero attached hydrogens (tertiary/aromatic N) is 1. The molecule has 0 saturated heterocycles. The molecule has 2 rings (SSSR count). The highest BCUT2D eigenvalue weighted by atomic mass is 16.5. The van der Waals surface area contributed by atoms with Gasteiger partial charge >= 0.3 is 5.97 Å². The van der Waals surface area contributed by atoms with Crippen LogP contribution in [0.5, 0.6) is 0 Å². The summed E-state index contributed by atoms with van der Waals surface area (Å²) < 4.78 is 4.84. The van der Waals surface area contributed by atoms with Crippen molar-refractivity contribution in [2.45, 2.75) is 38.8 Å². The normalized spacial score (nSPS) is 12.6. The van der Waals surface area contributed by atoms with E-state index >= 15 is 0 Å². The number of nitrogens with one attached hydrogen (secondary N) is 2. The molecule has 0 aliphatic carbocycles. The summed E-state index contributed by atoms with van der Waals surface area (Å²) in [6.07, 6.45) is 0.879. The van der Waals surface area contributed by atoms with Gasteiger partial charge in [-0.25, -0.2) is 9.79 Å². The summed E-state index contributed by atoms with van der Waals surface area (Å²) >= 11 is 0. The average Bonchev–Trinajstić information content (AvgIpc) is 2.89. The lowest BCUT2D eigenvalue weighted by molar-refractivity contribution is -0.145. The van der Waals surface area contributed by atoms with Crippen molar-refractivity contribution in [3.05, 3.63) is 71.3 Å². The van der Waals surface area contributed by atoms with E-state index < -0.39 is 29.9 Å². The quantitative estimate of drug-likeness (QED) is 0.169. The molecule has 9 heteroatoms. The van der Waals surface area contributed by atoms with Gasteiger partial charge in [0, 0.05) is 17.5 Å². The van der Waals surface area contributed by atoms with Crippen LogP contribution in [0, 0.1) is 17.8 Å². The van der Waals surface area contributed by atoms with Crippen LogP contribution in [0.15, 0.2) is 59.6 Å². The maximum absolute atomic E-state index is 12.5. The molecule has 0 fully saturated rings. The molecular formula is C27H33N5O4. The van der Waals surface area contributed by atoms with Gasteiger partial charge in [-0.1, -0.05) is 62.4 Å². The Labute approximate surface area is 211 Å². The van der Waals surface area contributed by atoms with Crippen LogP contribution in [0.2, 0.25) is 0 Å². The molecule has 2 aromatic rings. The Hall–Kier alpha value is -4.32. The number of carbonyl (C=O) groups excluding carboxylic acids is 3. The van der Waals surface area contributed by atoms with E-state index in [4.69, 9.17) is 16.2 Å². The third kappa shape index (κ3) is 9.14. The van der Waals surface area contributed by atoms with Crippen molar-refractivity contribution in [3.63, 3.8) is 0 Å². The highest BCUT2D eigenvalue weighted by molar-refractivity contribution is 5.91. The molecule has 0 aromatic heterocycles. The third-order valence-electron chi connectivity index (χ3n) is 5.50. The van der Waals surface area contributed by atoms with E-state index in [1.807, 2.05) is 68.4 Å². The second kappa shape index (κ2) is 14.2. The van der Waals surface area contributed by atoms with Gasteiger partial charge in [-0.2, -0.15) is 0 Å². The molecule has 9 nitrogen and oxygen atoms in total. The Kier molecular flexibility index (Phi) is 11.0. The lowest BCUT2D eigenvalue weighted by Crippen LogP contribution is -2.49. The second-order valence-corrected chi connectivity index (χ2v) is 8.26. The Morgan fingerprint density at radius 2 is 1.61 bits per heavy atom. The molecular weight excluding hydrogens is 458 g/mol. The molecule has 36 heavy (non-hydrogen) atoms. The van der Waals surface area contributed by atoms with E-state index in [2.05, 4.69) is 27.5 Å². The molecule has 2 amide bonds. The van der Waals surface area contributed by atoms with Crippen LogP contribution in [0.1, 0.15) is 37.0 Å². The molecule has 0 aliphatic rings. The average molecular weight is 492 g/mol. The smallest absolute Gasteiger partial charge is 0.328 e. The minimum absolute atomic E-state index is 0.127. The van der Waals surface area contributed by atoms with E-state index in [1.54, 1.807) is 0 Å². The van der Waals surface area contributed by atoms with Crippen molar-refractivity contribution in [3.8, 4) is 11.8 Å². The number of esters is 1. The molecule has 0 radical (unpaired) electrons. The number of aliphatic imine (C=N–C) groups is 1. The van der Waals surface area contributed by atoms with Gasteiger partial charge in [0.1, 0.15) is 12.1 Å². The van der Waals surface area contributed by atoms with E-state index in [9.17, 15) is 14.4 Å². The molecule has 0 aliphatic heterocycles. The monoisotopic (exact) mass is 491 g/mol. The lowest BCUT2D eigenvalue weighted by Gasteiger charge is -2.20. The van der Waals surface area contributed by atoms with Gasteiger partial charge in [0.2, 0.25) is 11.8 Å². The van der Waals surface area contributed by atoms with Gasteiger partial charge in [-0.3, -0.25) is 9.59 Å². The van der Waals surface area contributed by atoms with Gasteiger partial charge in [0.25, 0.3) is 0 Å². The van der Waals surface area contributed by atoms with Crippen molar-refractivity contribution in [2.24, 2.45) is 22.4 Å². The number of carbonyl (C=O) groups is 3. The Balaban J connectivity index is 1.99. The van der Waals surface area contributed by atoms with Crippen LogP contribution in [-0.4, -0.2) is 49.5 Å². The largest absolute Gasteiger partial charge is 0.467 e. The van der Waals surface area contributed by atoms with Gasteiger partial charge in [-0.15, -0.1) is 0 Å². The first-order valence-corrected chi connectivity index (χ1v) is 11.6. The van der Waals surface area contributed by atoms with Crippen molar-refractivity contribution in [2.75, 3.05) is 13.7 Å². The minimum atomic E-state index is -0.927. The molecule has 190 valence electrons.